The molecular formula is C18H21NO3. The third kappa shape index (κ3) is 3.64. The summed E-state index contributed by atoms with van der Waals surface area (Å²) in [6.45, 7) is 7.45. The molecule has 1 aliphatic heterocycles. The second-order valence-electron chi connectivity index (χ2n) is 5.31. The Morgan fingerprint density at radius 3 is 2.59 bits per heavy atom. The number of carbonyl (C=O) groups excluding carboxylic acids is 2. The fraction of sp³-hybridized carbons (Fsp3) is 0.333. The van der Waals surface area contributed by atoms with Gasteiger partial charge in [-0.05, 0) is 30.9 Å². The Hall–Kier alpha value is -2.36. The van der Waals surface area contributed by atoms with Gasteiger partial charge >= 0.3 is 5.97 Å². The summed E-state index contributed by atoms with van der Waals surface area (Å²) in [5, 5.41) is 0. The number of rotatable bonds is 6. The van der Waals surface area contributed by atoms with E-state index in [2.05, 4.69) is 13.2 Å². The van der Waals surface area contributed by atoms with Crippen LogP contribution < -0.4 is 0 Å². The Morgan fingerprint density at radius 1 is 1.23 bits per heavy atom. The van der Waals surface area contributed by atoms with E-state index in [-0.39, 0.29) is 24.5 Å². The molecule has 0 aliphatic carbocycles. The molecule has 1 aromatic carbocycles. The molecule has 0 bridgehead atoms. The van der Waals surface area contributed by atoms with Gasteiger partial charge in [0.25, 0.3) is 0 Å². The number of amides is 1. The zero-order valence-corrected chi connectivity index (χ0v) is 12.6. The first kappa shape index (κ1) is 16.0. The van der Waals surface area contributed by atoms with E-state index in [4.69, 9.17) is 4.74 Å². The summed E-state index contributed by atoms with van der Waals surface area (Å²) in [6.07, 6.45) is 5.08. The zero-order chi connectivity index (χ0) is 15.9. The van der Waals surface area contributed by atoms with Crippen molar-refractivity contribution in [3.05, 3.63) is 61.2 Å². The number of carbonyl (C=O) groups is 2. The minimum atomic E-state index is -0.529. The van der Waals surface area contributed by atoms with Crippen molar-refractivity contribution in [3.8, 4) is 0 Å². The summed E-state index contributed by atoms with van der Waals surface area (Å²) in [5.74, 6) is -0.586. The Balaban J connectivity index is 2.02. The Morgan fingerprint density at radius 2 is 1.95 bits per heavy atom. The fourth-order valence-electron chi connectivity index (χ4n) is 2.80. The largest absolute Gasteiger partial charge is 0.459 e. The lowest BCUT2D eigenvalue weighted by Crippen LogP contribution is -2.44. The van der Waals surface area contributed by atoms with Crippen LogP contribution in [0.4, 0.5) is 0 Å². The van der Waals surface area contributed by atoms with Crippen LogP contribution in [0, 0.1) is 0 Å². The van der Waals surface area contributed by atoms with Crippen LogP contribution in [0.1, 0.15) is 24.8 Å². The third-order valence-electron chi connectivity index (χ3n) is 3.87. The van der Waals surface area contributed by atoms with Crippen LogP contribution in [-0.4, -0.2) is 28.9 Å². The molecule has 0 spiro atoms. The van der Waals surface area contributed by atoms with Crippen molar-refractivity contribution in [2.24, 2.45) is 0 Å². The van der Waals surface area contributed by atoms with Crippen molar-refractivity contribution in [2.75, 3.05) is 0 Å². The van der Waals surface area contributed by atoms with Crippen LogP contribution >= 0.6 is 0 Å². The monoisotopic (exact) mass is 299 g/mol. The van der Waals surface area contributed by atoms with E-state index >= 15 is 0 Å². The van der Waals surface area contributed by atoms with Gasteiger partial charge in [-0.15, -0.1) is 6.58 Å². The summed E-state index contributed by atoms with van der Waals surface area (Å²) >= 11 is 0. The van der Waals surface area contributed by atoms with Crippen molar-refractivity contribution >= 4 is 11.9 Å². The first-order valence-electron chi connectivity index (χ1n) is 7.43. The number of hydrogen-bond donors (Lipinski definition) is 0. The molecule has 1 aromatic rings. The molecule has 0 aromatic heterocycles. The van der Waals surface area contributed by atoms with Crippen molar-refractivity contribution in [3.63, 3.8) is 0 Å². The van der Waals surface area contributed by atoms with Gasteiger partial charge < -0.3 is 9.64 Å². The van der Waals surface area contributed by atoms with E-state index in [1.807, 2.05) is 30.3 Å². The van der Waals surface area contributed by atoms with Crippen molar-refractivity contribution < 1.29 is 14.3 Å². The maximum absolute atomic E-state index is 12.3. The molecule has 2 rings (SSSR count). The molecule has 22 heavy (non-hydrogen) atoms. The number of hydrogen-bond acceptors (Lipinski definition) is 3. The normalized spacial score (nSPS) is 20.5. The quantitative estimate of drug-likeness (QED) is 0.461. The predicted octanol–water partition coefficient (Wildman–Crippen LogP) is 2.85. The average molecular weight is 299 g/mol. The van der Waals surface area contributed by atoms with E-state index in [0.29, 0.717) is 12.8 Å². The van der Waals surface area contributed by atoms with Crippen LogP contribution in [-0.2, 0) is 20.9 Å². The molecule has 1 amide bonds. The van der Waals surface area contributed by atoms with E-state index in [0.717, 1.165) is 12.0 Å². The van der Waals surface area contributed by atoms with Gasteiger partial charge in [0, 0.05) is 6.04 Å². The molecule has 1 aliphatic rings. The second kappa shape index (κ2) is 7.59. The first-order chi connectivity index (χ1) is 10.7. The molecular weight excluding hydrogens is 278 g/mol. The summed E-state index contributed by atoms with van der Waals surface area (Å²) in [4.78, 5) is 26.0. The van der Waals surface area contributed by atoms with Crippen molar-refractivity contribution in [1.82, 2.24) is 4.90 Å². The minimum absolute atomic E-state index is 0.00252. The standard InChI is InChI=1S/C18H21NO3/c1-3-8-15-11-12-16(19(15)17(20)4-2)18(21)22-13-14-9-6-5-7-10-14/h3-7,9-10,15-16H,1-2,8,11-13H2/t15-,16+/m1/s1. The zero-order valence-electron chi connectivity index (χ0n) is 12.6. The van der Waals surface area contributed by atoms with Gasteiger partial charge in [0.2, 0.25) is 5.91 Å². The summed E-state index contributed by atoms with van der Waals surface area (Å²) in [5.41, 5.74) is 0.929. The maximum atomic E-state index is 12.3. The predicted molar refractivity (Wildman–Crippen MR) is 84.9 cm³/mol. The number of ether oxygens (including phenoxy) is 1. The number of nitrogens with zero attached hydrogens (tertiary/aromatic N) is 1. The highest BCUT2D eigenvalue weighted by molar-refractivity contribution is 5.92. The maximum Gasteiger partial charge on any atom is 0.329 e. The third-order valence-corrected chi connectivity index (χ3v) is 3.87. The van der Waals surface area contributed by atoms with Crippen LogP contribution in [0.5, 0.6) is 0 Å². The first-order valence-corrected chi connectivity index (χ1v) is 7.43. The lowest BCUT2D eigenvalue weighted by molar-refractivity contribution is -0.154. The Bertz CT molecular complexity index is 553. The number of benzene rings is 1. The van der Waals surface area contributed by atoms with Gasteiger partial charge in [-0.25, -0.2) is 4.79 Å². The Kier molecular flexibility index (Phi) is 5.53. The van der Waals surface area contributed by atoms with Crippen LogP contribution in [0.2, 0.25) is 0 Å². The molecule has 0 radical (unpaired) electrons. The van der Waals surface area contributed by atoms with Crippen LogP contribution in [0.25, 0.3) is 0 Å². The summed E-state index contributed by atoms with van der Waals surface area (Å²) in [7, 11) is 0. The van der Waals surface area contributed by atoms with Gasteiger partial charge in [-0.2, -0.15) is 0 Å². The molecule has 2 atom stereocenters. The Labute approximate surface area is 131 Å². The van der Waals surface area contributed by atoms with Gasteiger partial charge in [0.1, 0.15) is 12.6 Å². The smallest absolute Gasteiger partial charge is 0.329 e. The van der Waals surface area contributed by atoms with E-state index in [9.17, 15) is 9.59 Å². The van der Waals surface area contributed by atoms with Crippen molar-refractivity contribution in [1.29, 1.82) is 0 Å². The van der Waals surface area contributed by atoms with Gasteiger partial charge in [0.05, 0.1) is 0 Å². The topological polar surface area (TPSA) is 46.6 Å². The van der Waals surface area contributed by atoms with E-state index in [1.165, 1.54) is 6.08 Å². The summed E-state index contributed by atoms with van der Waals surface area (Å²) < 4.78 is 5.37. The molecule has 0 N–H and O–H groups in total. The lowest BCUT2D eigenvalue weighted by atomic mass is 10.1. The molecule has 1 heterocycles. The highest BCUT2D eigenvalue weighted by Crippen LogP contribution is 2.28. The average Bonchev–Trinajstić information content (AvgIpc) is 2.97. The second-order valence-corrected chi connectivity index (χ2v) is 5.31. The van der Waals surface area contributed by atoms with Gasteiger partial charge in [0.15, 0.2) is 0 Å². The van der Waals surface area contributed by atoms with Gasteiger partial charge in [-0.3, -0.25) is 4.79 Å². The molecule has 0 unspecified atom stereocenters. The van der Waals surface area contributed by atoms with E-state index in [1.54, 1.807) is 11.0 Å². The molecule has 4 heteroatoms. The molecule has 116 valence electrons. The number of esters is 1. The molecule has 1 saturated heterocycles. The van der Waals surface area contributed by atoms with Crippen molar-refractivity contribution in [2.45, 2.75) is 38.0 Å². The molecule has 1 fully saturated rings. The SMILES string of the molecule is C=CC[C@@H]1CC[C@@H](C(=O)OCc2ccccc2)N1C(=O)C=C. The molecule has 0 saturated carbocycles. The van der Waals surface area contributed by atoms with Crippen LogP contribution in [0.15, 0.2) is 55.6 Å². The number of likely N-dealkylation sites (tertiary alicyclic amines) is 1. The highest BCUT2D eigenvalue weighted by atomic mass is 16.5. The highest BCUT2D eigenvalue weighted by Gasteiger charge is 2.40. The van der Waals surface area contributed by atoms with Crippen LogP contribution in [0.3, 0.4) is 0 Å². The van der Waals surface area contributed by atoms with E-state index < -0.39 is 6.04 Å². The molecule has 4 nitrogen and oxygen atoms in total. The lowest BCUT2D eigenvalue weighted by Gasteiger charge is -2.27. The summed E-state index contributed by atoms with van der Waals surface area (Å²) in [6, 6.07) is 8.96. The fourth-order valence-corrected chi connectivity index (χ4v) is 2.80. The van der Waals surface area contributed by atoms with Gasteiger partial charge in [-0.1, -0.05) is 43.0 Å². The minimum Gasteiger partial charge on any atom is -0.459 e.